The quantitative estimate of drug-likeness (QED) is 0.495. The molecule has 0 unspecified atom stereocenters. The number of hydrogen-bond acceptors (Lipinski definition) is 5. The largest absolute Gasteiger partial charge is 0.461 e. The summed E-state index contributed by atoms with van der Waals surface area (Å²) in [6.45, 7) is 15.1. The summed E-state index contributed by atoms with van der Waals surface area (Å²) in [6, 6.07) is 8.53. The molecule has 31 heavy (non-hydrogen) atoms. The molecule has 1 atom stereocenters. The molecule has 0 spiro atoms. The summed E-state index contributed by atoms with van der Waals surface area (Å²) >= 11 is 3.78. The van der Waals surface area contributed by atoms with E-state index in [1.807, 2.05) is 48.5 Å². The third kappa shape index (κ3) is 5.47. The number of aromatic nitrogens is 1. The molecule has 0 aliphatic carbocycles. The van der Waals surface area contributed by atoms with Gasteiger partial charge in [0.2, 0.25) is 0 Å². The van der Waals surface area contributed by atoms with Crippen LogP contribution in [0.5, 0.6) is 0 Å². The fourth-order valence-electron chi connectivity index (χ4n) is 4.00. The number of carbonyl (C=O) groups is 1. The second-order valence-electron chi connectivity index (χ2n) is 9.40. The SMILES string of the molecule is Cc1nc(C)c([C@H](OC(C)(C)C)C(=O)OC(C)C)c(N2CCc3ccccc3C2)c1Br. The molecule has 1 aromatic carbocycles. The van der Waals surface area contributed by atoms with E-state index in [4.69, 9.17) is 14.5 Å². The Morgan fingerprint density at radius 3 is 2.39 bits per heavy atom. The monoisotopic (exact) mass is 488 g/mol. The van der Waals surface area contributed by atoms with Gasteiger partial charge in [-0.05, 0) is 81.9 Å². The Morgan fingerprint density at radius 2 is 1.77 bits per heavy atom. The lowest BCUT2D eigenvalue weighted by Crippen LogP contribution is -2.35. The number of nitrogens with zero attached hydrogens (tertiary/aromatic N) is 2. The van der Waals surface area contributed by atoms with Crippen LogP contribution in [0.4, 0.5) is 5.69 Å². The number of rotatable bonds is 5. The molecule has 0 fully saturated rings. The number of benzene rings is 1. The van der Waals surface area contributed by atoms with E-state index in [0.717, 1.165) is 46.6 Å². The fourth-order valence-corrected chi connectivity index (χ4v) is 4.56. The first-order chi connectivity index (χ1) is 14.5. The third-order valence-electron chi connectivity index (χ3n) is 5.25. The van der Waals surface area contributed by atoms with Gasteiger partial charge in [0.25, 0.3) is 0 Å². The lowest BCUT2D eigenvalue weighted by atomic mass is 9.96. The summed E-state index contributed by atoms with van der Waals surface area (Å²) in [7, 11) is 0. The van der Waals surface area contributed by atoms with Gasteiger partial charge in [-0.2, -0.15) is 0 Å². The van der Waals surface area contributed by atoms with Crippen LogP contribution in [0.15, 0.2) is 28.7 Å². The Kier molecular flexibility index (Phi) is 7.11. The van der Waals surface area contributed by atoms with Crippen LogP contribution in [0.3, 0.4) is 0 Å². The van der Waals surface area contributed by atoms with E-state index in [2.05, 4.69) is 45.1 Å². The summed E-state index contributed by atoms with van der Waals surface area (Å²) < 4.78 is 12.8. The molecular formula is C25H33BrN2O3. The van der Waals surface area contributed by atoms with Gasteiger partial charge in [-0.15, -0.1) is 0 Å². The predicted octanol–water partition coefficient (Wildman–Crippen LogP) is 5.83. The molecule has 2 aromatic rings. The highest BCUT2D eigenvalue weighted by atomic mass is 79.9. The average molecular weight is 489 g/mol. The highest BCUT2D eigenvalue weighted by Gasteiger charge is 2.36. The van der Waals surface area contributed by atoms with Crippen molar-refractivity contribution in [2.24, 2.45) is 0 Å². The zero-order valence-corrected chi connectivity index (χ0v) is 21.2. The van der Waals surface area contributed by atoms with Crippen molar-refractivity contribution in [2.45, 2.75) is 79.2 Å². The van der Waals surface area contributed by atoms with Gasteiger partial charge in [-0.1, -0.05) is 24.3 Å². The minimum absolute atomic E-state index is 0.231. The second-order valence-corrected chi connectivity index (χ2v) is 10.2. The molecule has 5 nitrogen and oxygen atoms in total. The maximum absolute atomic E-state index is 13.2. The Hall–Kier alpha value is -1.92. The number of hydrogen-bond donors (Lipinski definition) is 0. The Morgan fingerprint density at radius 1 is 1.13 bits per heavy atom. The summed E-state index contributed by atoms with van der Waals surface area (Å²) in [5.74, 6) is -0.385. The number of aryl methyl sites for hydroxylation is 2. The van der Waals surface area contributed by atoms with Crippen LogP contribution in [0.1, 0.15) is 68.8 Å². The maximum atomic E-state index is 13.2. The zero-order chi connectivity index (χ0) is 22.9. The van der Waals surface area contributed by atoms with Crippen molar-refractivity contribution >= 4 is 27.6 Å². The molecule has 168 valence electrons. The third-order valence-corrected chi connectivity index (χ3v) is 6.20. The van der Waals surface area contributed by atoms with E-state index < -0.39 is 11.7 Å². The number of ether oxygens (including phenoxy) is 2. The molecule has 6 heteroatoms. The normalized spacial score (nSPS) is 15.1. The van der Waals surface area contributed by atoms with Gasteiger partial charge in [0.05, 0.1) is 27.6 Å². The van der Waals surface area contributed by atoms with Gasteiger partial charge in [0.15, 0.2) is 6.10 Å². The number of carbonyl (C=O) groups excluding carboxylic acids is 1. The molecule has 1 aromatic heterocycles. The number of anilines is 1. The molecule has 0 saturated carbocycles. The summed E-state index contributed by atoms with van der Waals surface area (Å²) in [6.07, 6.45) is -0.144. The van der Waals surface area contributed by atoms with E-state index in [-0.39, 0.29) is 12.1 Å². The number of esters is 1. The molecular weight excluding hydrogens is 456 g/mol. The van der Waals surface area contributed by atoms with Gasteiger partial charge >= 0.3 is 5.97 Å². The van der Waals surface area contributed by atoms with Crippen LogP contribution in [0.25, 0.3) is 0 Å². The topological polar surface area (TPSA) is 51.7 Å². The highest BCUT2D eigenvalue weighted by Crippen LogP contribution is 2.42. The van der Waals surface area contributed by atoms with Gasteiger partial charge < -0.3 is 14.4 Å². The number of pyridine rings is 1. The lowest BCUT2D eigenvalue weighted by molar-refractivity contribution is -0.171. The Balaban J connectivity index is 2.14. The summed E-state index contributed by atoms with van der Waals surface area (Å²) in [4.78, 5) is 20.3. The van der Waals surface area contributed by atoms with Gasteiger partial charge in [-0.3, -0.25) is 4.98 Å². The van der Waals surface area contributed by atoms with Crippen molar-refractivity contribution in [1.82, 2.24) is 4.98 Å². The van der Waals surface area contributed by atoms with Crippen molar-refractivity contribution < 1.29 is 14.3 Å². The van der Waals surface area contributed by atoms with Crippen LogP contribution in [-0.2, 0) is 27.2 Å². The highest BCUT2D eigenvalue weighted by molar-refractivity contribution is 9.10. The number of fused-ring (bicyclic) bond motifs is 1. The Bertz CT molecular complexity index is 966. The van der Waals surface area contributed by atoms with Gasteiger partial charge in [0.1, 0.15) is 0 Å². The second kappa shape index (κ2) is 9.29. The van der Waals surface area contributed by atoms with Crippen molar-refractivity contribution in [3.8, 4) is 0 Å². The smallest absolute Gasteiger partial charge is 0.340 e. The average Bonchev–Trinajstić information content (AvgIpc) is 2.67. The first-order valence-corrected chi connectivity index (χ1v) is 11.6. The van der Waals surface area contributed by atoms with E-state index in [1.165, 1.54) is 11.1 Å². The van der Waals surface area contributed by atoms with E-state index >= 15 is 0 Å². The van der Waals surface area contributed by atoms with E-state index in [0.29, 0.717) is 0 Å². The van der Waals surface area contributed by atoms with Gasteiger partial charge in [0, 0.05) is 24.3 Å². The van der Waals surface area contributed by atoms with Crippen LogP contribution < -0.4 is 4.90 Å². The van der Waals surface area contributed by atoms with E-state index in [9.17, 15) is 4.79 Å². The Labute approximate surface area is 194 Å². The summed E-state index contributed by atoms with van der Waals surface area (Å²) in [5, 5.41) is 0. The molecule has 0 N–H and O–H groups in total. The van der Waals surface area contributed by atoms with Crippen LogP contribution in [0.2, 0.25) is 0 Å². The molecule has 1 aliphatic rings. The fraction of sp³-hybridized carbons (Fsp3) is 0.520. The molecule has 0 amide bonds. The molecule has 3 rings (SSSR count). The van der Waals surface area contributed by atoms with Crippen LogP contribution in [-0.4, -0.2) is 29.2 Å². The molecule has 1 aliphatic heterocycles. The van der Waals surface area contributed by atoms with E-state index in [1.54, 1.807) is 0 Å². The van der Waals surface area contributed by atoms with Crippen molar-refractivity contribution in [3.63, 3.8) is 0 Å². The first-order valence-electron chi connectivity index (χ1n) is 10.8. The van der Waals surface area contributed by atoms with Crippen molar-refractivity contribution in [2.75, 3.05) is 11.4 Å². The standard InChI is InChI=1S/C25H33BrN2O3/c1-15(2)30-24(29)23(31-25(5,6)7)20-16(3)27-17(4)21(26)22(20)28-13-12-18-10-8-9-11-19(18)14-28/h8-11,15,23H,12-14H2,1-7H3/t23-/m0/s1. The minimum atomic E-state index is -0.862. The van der Waals surface area contributed by atoms with Crippen LogP contribution >= 0.6 is 15.9 Å². The molecule has 0 radical (unpaired) electrons. The van der Waals surface area contributed by atoms with Crippen molar-refractivity contribution in [1.29, 1.82) is 0 Å². The minimum Gasteiger partial charge on any atom is -0.461 e. The zero-order valence-electron chi connectivity index (χ0n) is 19.6. The predicted molar refractivity (Wildman–Crippen MR) is 127 cm³/mol. The maximum Gasteiger partial charge on any atom is 0.340 e. The van der Waals surface area contributed by atoms with Crippen molar-refractivity contribution in [3.05, 3.63) is 56.8 Å². The number of halogens is 1. The van der Waals surface area contributed by atoms with Crippen LogP contribution in [0, 0.1) is 13.8 Å². The molecule has 0 bridgehead atoms. The molecule has 0 saturated heterocycles. The van der Waals surface area contributed by atoms with Gasteiger partial charge in [-0.25, -0.2) is 4.79 Å². The summed E-state index contributed by atoms with van der Waals surface area (Å²) in [5.41, 5.74) is 5.56. The first kappa shape index (κ1) is 23.7. The molecule has 2 heterocycles. The lowest BCUT2D eigenvalue weighted by Gasteiger charge is -2.36.